The van der Waals surface area contributed by atoms with E-state index in [0.29, 0.717) is 32.5 Å². The Labute approximate surface area is 200 Å². The highest BCUT2D eigenvalue weighted by molar-refractivity contribution is 7.99. The van der Waals surface area contributed by atoms with Crippen molar-refractivity contribution in [3.05, 3.63) is 87.2 Å². The lowest BCUT2D eigenvalue weighted by Crippen LogP contribution is -2.23. The zero-order chi connectivity index (χ0) is 23.5. The molecule has 1 amide bonds. The van der Waals surface area contributed by atoms with E-state index < -0.39 is 0 Å². The molecule has 0 spiro atoms. The molecule has 0 bridgehead atoms. The fourth-order valence-corrected chi connectivity index (χ4v) is 4.47. The zero-order valence-corrected chi connectivity index (χ0v) is 20.0. The minimum atomic E-state index is -0.268. The third kappa shape index (κ3) is 4.74. The van der Waals surface area contributed by atoms with Crippen LogP contribution in [0, 0.1) is 13.8 Å². The number of nitrogens with zero attached hydrogens (tertiary/aromatic N) is 2. The molecule has 0 saturated carbocycles. The van der Waals surface area contributed by atoms with Crippen molar-refractivity contribution in [3.63, 3.8) is 0 Å². The summed E-state index contributed by atoms with van der Waals surface area (Å²) >= 11 is 7.26. The molecule has 0 aliphatic rings. The number of benzene rings is 3. The number of methoxy groups -OCH3 is 1. The van der Waals surface area contributed by atoms with Gasteiger partial charge in [0.05, 0.1) is 35.1 Å². The van der Waals surface area contributed by atoms with Crippen molar-refractivity contribution in [2.45, 2.75) is 19.0 Å². The molecular weight excluding hydrogens is 458 g/mol. The van der Waals surface area contributed by atoms with Crippen molar-refractivity contribution < 1.29 is 9.53 Å². The molecule has 6 nitrogen and oxygen atoms in total. The maximum absolute atomic E-state index is 13.4. The van der Waals surface area contributed by atoms with Gasteiger partial charge < -0.3 is 10.1 Å². The van der Waals surface area contributed by atoms with Crippen molar-refractivity contribution in [3.8, 4) is 11.4 Å². The number of carbonyl (C=O) groups is 1. The fourth-order valence-electron chi connectivity index (χ4n) is 3.49. The summed E-state index contributed by atoms with van der Waals surface area (Å²) in [6.07, 6.45) is 0. The molecule has 0 saturated heterocycles. The lowest BCUT2D eigenvalue weighted by Gasteiger charge is -2.16. The predicted molar refractivity (Wildman–Crippen MR) is 134 cm³/mol. The number of carbonyl (C=O) groups excluding carboxylic acids is 1. The van der Waals surface area contributed by atoms with Crippen LogP contribution in [-0.2, 0) is 4.79 Å². The fraction of sp³-hybridized carbons (Fsp3) is 0.160. The summed E-state index contributed by atoms with van der Waals surface area (Å²) in [4.78, 5) is 30.9. The van der Waals surface area contributed by atoms with Gasteiger partial charge >= 0.3 is 0 Å². The van der Waals surface area contributed by atoms with Crippen molar-refractivity contribution in [1.29, 1.82) is 0 Å². The van der Waals surface area contributed by atoms with Gasteiger partial charge in [0.15, 0.2) is 5.16 Å². The van der Waals surface area contributed by atoms with Gasteiger partial charge in [-0.1, -0.05) is 47.6 Å². The molecule has 4 rings (SSSR count). The first-order valence-corrected chi connectivity index (χ1v) is 11.6. The maximum Gasteiger partial charge on any atom is 0.266 e. The van der Waals surface area contributed by atoms with E-state index in [0.717, 1.165) is 16.8 Å². The molecule has 3 aromatic carbocycles. The molecule has 1 heterocycles. The minimum absolute atomic E-state index is 0.0469. The van der Waals surface area contributed by atoms with Crippen LogP contribution in [0.5, 0.6) is 5.75 Å². The molecule has 4 aromatic rings. The van der Waals surface area contributed by atoms with Gasteiger partial charge in [0, 0.05) is 5.02 Å². The summed E-state index contributed by atoms with van der Waals surface area (Å²) in [5, 5.41) is 4.27. The Hall–Kier alpha value is -3.29. The van der Waals surface area contributed by atoms with Crippen molar-refractivity contribution >= 4 is 45.9 Å². The highest BCUT2D eigenvalue weighted by atomic mass is 35.5. The molecule has 0 radical (unpaired) electrons. The van der Waals surface area contributed by atoms with Gasteiger partial charge in [0.2, 0.25) is 5.91 Å². The Kier molecular flexibility index (Phi) is 6.72. The van der Waals surface area contributed by atoms with Crippen LogP contribution < -0.4 is 15.6 Å². The monoisotopic (exact) mass is 479 g/mol. The number of ether oxygens (including phenoxy) is 1. The number of rotatable bonds is 6. The molecule has 33 heavy (non-hydrogen) atoms. The van der Waals surface area contributed by atoms with E-state index in [4.69, 9.17) is 21.3 Å². The molecule has 0 aliphatic carbocycles. The van der Waals surface area contributed by atoms with Gasteiger partial charge in [-0.05, 0) is 61.4 Å². The zero-order valence-electron chi connectivity index (χ0n) is 18.4. The summed E-state index contributed by atoms with van der Waals surface area (Å²) < 4.78 is 6.88. The van der Waals surface area contributed by atoms with Crippen LogP contribution in [-0.4, -0.2) is 28.3 Å². The summed E-state index contributed by atoms with van der Waals surface area (Å²) in [6, 6.07) is 18.0. The van der Waals surface area contributed by atoms with E-state index in [2.05, 4.69) is 5.32 Å². The Balaban J connectivity index is 1.70. The number of hydrogen-bond acceptors (Lipinski definition) is 5. The van der Waals surface area contributed by atoms with Gasteiger partial charge in [-0.2, -0.15) is 0 Å². The third-order valence-corrected chi connectivity index (χ3v) is 6.50. The Bertz CT molecular complexity index is 1420. The second-order valence-corrected chi connectivity index (χ2v) is 8.83. The highest BCUT2D eigenvalue weighted by Gasteiger charge is 2.17. The van der Waals surface area contributed by atoms with Crippen LogP contribution in [0.15, 0.2) is 70.6 Å². The first-order valence-electron chi connectivity index (χ1n) is 10.2. The maximum atomic E-state index is 13.4. The van der Waals surface area contributed by atoms with E-state index in [9.17, 15) is 9.59 Å². The number of anilines is 1. The number of halogens is 1. The average molecular weight is 480 g/mol. The SMILES string of the molecule is COc1ccc(Cl)cc1NC(=O)CSc1nc2ccccc2c(=O)n1-c1cccc(C)c1C. The Morgan fingerprint density at radius 3 is 2.70 bits per heavy atom. The van der Waals surface area contributed by atoms with Crippen LogP contribution in [0.2, 0.25) is 5.02 Å². The van der Waals surface area contributed by atoms with Crippen LogP contribution in [0.3, 0.4) is 0 Å². The van der Waals surface area contributed by atoms with Crippen LogP contribution in [0.25, 0.3) is 16.6 Å². The first kappa shape index (κ1) is 22.9. The third-order valence-electron chi connectivity index (χ3n) is 5.33. The molecular formula is C25H22ClN3O3S. The summed E-state index contributed by atoms with van der Waals surface area (Å²) in [7, 11) is 1.52. The molecule has 0 aliphatic heterocycles. The lowest BCUT2D eigenvalue weighted by atomic mass is 10.1. The number of para-hydroxylation sites is 1. The summed E-state index contributed by atoms with van der Waals surface area (Å²) in [5.41, 5.74) is 3.69. The minimum Gasteiger partial charge on any atom is -0.495 e. The molecule has 1 aromatic heterocycles. The molecule has 0 unspecified atom stereocenters. The van der Waals surface area contributed by atoms with Gasteiger partial charge in [0.1, 0.15) is 5.75 Å². The molecule has 8 heteroatoms. The lowest BCUT2D eigenvalue weighted by molar-refractivity contribution is -0.113. The standard InChI is InChI=1S/C25H22ClN3O3S/c1-15-7-6-10-21(16(15)2)29-24(31)18-8-4-5-9-19(18)28-25(29)33-14-23(30)27-20-13-17(26)11-12-22(20)32-3/h4-13H,14H2,1-3H3,(H,27,30). The van der Waals surface area contributed by atoms with E-state index >= 15 is 0 Å². The number of aryl methyl sites for hydroxylation is 1. The number of thioether (sulfide) groups is 1. The van der Waals surface area contributed by atoms with Gasteiger partial charge in [0.25, 0.3) is 5.56 Å². The van der Waals surface area contributed by atoms with Crippen LogP contribution in [0.1, 0.15) is 11.1 Å². The van der Waals surface area contributed by atoms with Crippen LogP contribution >= 0.6 is 23.4 Å². The number of hydrogen-bond donors (Lipinski definition) is 1. The average Bonchev–Trinajstić information content (AvgIpc) is 2.80. The van der Waals surface area contributed by atoms with Crippen molar-refractivity contribution in [2.75, 3.05) is 18.2 Å². The largest absolute Gasteiger partial charge is 0.495 e. The molecule has 0 atom stereocenters. The normalized spacial score (nSPS) is 10.9. The summed E-state index contributed by atoms with van der Waals surface area (Å²) in [6.45, 7) is 3.97. The second kappa shape index (κ2) is 9.68. The Morgan fingerprint density at radius 1 is 1.12 bits per heavy atom. The summed E-state index contributed by atoms with van der Waals surface area (Å²) in [5.74, 6) is 0.287. The van der Waals surface area contributed by atoms with E-state index in [1.165, 1.54) is 18.9 Å². The van der Waals surface area contributed by atoms with Crippen molar-refractivity contribution in [2.24, 2.45) is 0 Å². The van der Waals surface area contributed by atoms with E-state index in [1.54, 1.807) is 34.9 Å². The van der Waals surface area contributed by atoms with Gasteiger partial charge in [-0.3, -0.25) is 14.2 Å². The number of amides is 1. The Morgan fingerprint density at radius 2 is 1.91 bits per heavy atom. The predicted octanol–water partition coefficient (Wildman–Crippen LogP) is 5.40. The number of nitrogens with one attached hydrogen (secondary N) is 1. The van der Waals surface area contributed by atoms with E-state index in [-0.39, 0.29) is 17.2 Å². The van der Waals surface area contributed by atoms with Crippen LogP contribution in [0.4, 0.5) is 5.69 Å². The molecule has 0 fully saturated rings. The molecule has 168 valence electrons. The van der Waals surface area contributed by atoms with E-state index in [1.807, 2.05) is 44.2 Å². The van der Waals surface area contributed by atoms with Gasteiger partial charge in [-0.25, -0.2) is 4.98 Å². The quantitative estimate of drug-likeness (QED) is 0.296. The number of aromatic nitrogens is 2. The highest BCUT2D eigenvalue weighted by Crippen LogP contribution is 2.29. The molecule has 1 N–H and O–H groups in total. The van der Waals surface area contributed by atoms with Gasteiger partial charge in [-0.15, -0.1) is 0 Å². The smallest absolute Gasteiger partial charge is 0.266 e. The second-order valence-electron chi connectivity index (χ2n) is 7.45. The topological polar surface area (TPSA) is 73.2 Å². The van der Waals surface area contributed by atoms with Crippen molar-refractivity contribution in [1.82, 2.24) is 9.55 Å². The number of fused-ring (bicyclic) bond motifs is 1. The first-order chi connectivity index (χ1) is 15.9.